The molecule has 3 heterocycles. The normalized spacial score (nSPS) is 41.3. The predicted molar refractivity (Wildman–Crippen MR) is 224 cm³/mol. The SMILES string of the molecule is C=C(C)C1CC[C@]2(COC3CCCCO3)CC[C@]3(C)C(CCC4[C@@]5(C)CC[C@H](OC(=O)NC6C=CCn7c(=O)n(-c8ccccc8)c(=O)n76)C(C)(C)C5CC[C@]43C)C12. The summed E-state index contributed by atoms with van der Waals surface area (Å²) in [7, 11) is 0. The Hall–Kier alpha value is -3.37. The van der Waals surface area contributed by atoms with Crippen LogP contribution in [0.2, 0.25) is 0 Å². The summed E-state index contributed by atoms with van der Waals surface area (Å²) in [5.74, 6) is 2.83. The largest absolute Gasteiger partial charge is 0.446 e. The molecule has 1 aromatic heterocycles. The van der Waals surface area contributed by atoms with Crippen LogP contribution >= 0.6 is 0 Å². The van der Waals surface area contributed by atoms with Gasteiger partial charge >= 0.3 is 17.5 Å². The zero-order valence-electron chi connectivity index (χ0n) is 36.0. The topological polar surface area (TPSA) is 106 Å². The average molecular weight is 797 g/mol. The molecule has 2 aromatic rings. The molecular formula is C48H68N4O6. The van der Waals surface area contributed by atoms with Gasteiger partial charge in [-0.15, -0.1) is 0 Å². The van der Waals surface area contributed by atoms with E-state index in [0.29, 0.717) is 35.3 Å². The molecule has 1 aromatic carbocycles. The monoisotopic (exact) mass is 797 g/mol. The van der Waals surface area contributed by atoms with Crippen molar-refractivity contribution in [2.45, 2.75) is 150 Å². The Bertz CT molecular complexity index is 2060. The number of nitrogens with one attached hydrogen (secondary N) is 1. The van der Waals surface area contributed by atoms with Gasteiger partial charge in [-0.3, -0.25) is 5.32 Å². The lowest BCUT2D eigenvalue weighted by Gasteiger charge is -2.73. The molecular weight excluding hydrogens is 729 g/mol. The highest BCUT2D eigenvalue weighted by Gasteiger charge is 2.71. The molecule has 10 nitrogen and oxygen atoms in total. The third-order valence-electron chi connectivity index (χ3n) is 18.3. The molecule has 0 radical (unpaired) electrons. The van der Waals surface area contributed by atoms with Crippen molar-refractivity contribution in [1.29, 1.82) is 0 Å². The fourth-order valence-corrected chi connectivity index (χ4v) is 15.3. The molecule has 1 saturated heterocycles. The van der Waals surface area contributed by atoms with E-state index in [1.54, 1.807) is 30.3 Å². The number of benzene rings is 1. The first-order valence-corrected chi connectivity index (χ1v) is 22.7. The van der Waals surface area contributed by atoms with Crippen molar-refractivity contribution in [3.8, 4) is 5.69 Å². The molecule has 7 aliphatic rings. The van der Waals surface area contributed by atoms with Gasteiger partial charge in [0, 0.05) is 12.0 Å². The molecule has 1 amide bonds. The van der Waals surface area contributed by atoms with Crippen LogP contribution in [0, 0.1) is 56.7 Å². The summed E-state index contributed by atoms with van der Waals surface area (Å²) < 4.78 is 23.0. The molecule has 5 saturated carbocycles. The number of ether oxygens (including phenoxy) is 3. The van der Waals surface area contributed by atoms with Crippen LogP contribution in [-0.4, -0.2) is 45.6 Å². The minimum absolute atomic E-state index is 0.0433. The zero-order chi connectivity index (χ0) is 40.8. The van der Waals surface area contributed by atoms with Crippen molar-refractivity contribution in [2.24, 2.45) is 56.7 Å². The number of fused-ring (bicyclic) bond motifs is 8. The molecule has 0 spiro atoms. The number of amides is 1. The van der Waals surface area contributed by atoms with Gasteiger partial charge in [-0.05, 0) is 160 Å². The Kier molecular flexibility index (Phi) is 9.93. The summed E-state index contributed by atoms with van der Waals surface area (Å²) in [6, 6.07) is 8.90. The van der Waals surface area contributed by atoms with E-state index in [-0.39, 0.29) is 46.0 Å². The van der Waals surface area contributed by atoms with E-state index in [9.17, 15) is 14.4 Å². The van der Waals surface area contributed by atoms with Crippen molar-refractivity contribution in [1.82, 2.24) is 19.2 Å². The quantitative estimate of drug-likeness (QED) is 0.280. The number of aromatic nitrogens is 3. The van der Waals surface area contributed by atoms with Crippen molar-refractivity contribution < 1.29 is 19.0 Å². The number of hydrogen-bond acceptors (Lipinski definition) is 6. The van der Waals surface area contributed by atoms with Crippen LogP contribution in [0.3, 0.4) is 0 Å². The van der Waals surface area contributed by atoms with Crippen LogP contribution < -0.4 is 16.7 Å². The molecule has 12 atom stereocenters. The second-order valence-electron chi connectivity index (χ2n) is 21.1. The van der Waals surface area contributed by atoms with Crippen LogP contribution in [-0.2, 0) is 20.8 Å². The maximum atomic E-state index is 13.8. The number of carbonyl (C=O) groups is 1. The molecule has 5 aliphatic carbocycles. The fraction of sp³-hybridized carbons (Fsp3) is 0.729. The lowest BCUT2D eigenvalue weighted by Crippen LogP contribution is -2.67. The van der Waals surface area contributed by atoms with Crippen LogP contribution in [0.5, 0.6) is 0 Å². The minimum atomic E-state index is -0.833. The van der Waals surface area contributed by atoms with Crippen molar-refractivity contribution >= 4 is 6.09 Å². The van der Waals surface area contributed by atoms with Gasteiger partial charge in [-0.25, -0.2) is 28.3 Å². The van der Waals surface area contributed by atoms with Crippen molar-refractivity contribution in [3.63, 3.8) is 0 Å². The molecule has 9 rings (SSSR count). The molecule has 2 aliphatic heterocycles. The first-order valence-electron chi connectivity index (χ1n) is 22.7. The van der Waals surface area contributed by atoms with Gasteiger partial charge in [-0.1, -0.05) is 71.0 Å². The van der Waals surface area contributed by atoms with Gasteiger partial charge in [0.2, 0.25) is 0 Å². The van der Waals surface area contributed by atoms with Gasteiger partial charge in [0.25, 0.3) is 0 Å². The van der Waals surface area contributed by atoms with E-state index in [0.717, 1.165) is 49.9 Å². The highest BCUT2D eigenvalue weighted by Crippen LogP contribution is 2.77. The van der Waals surface area contributed by atoms with Crippen LogP contribution in [0.4, 0.5) is 4.79 Å². The Morgan fingerprint density at radius 3 is 2.41 bits per heavy atom. The van der Waals surface area contributed by atoms with E-state index in [2.05, 4.69) is 53.4 Å². The standard InChI is InChI=1S/C48H68N4O6/c1-31(2)33-20-25-48(30-57-39-17-11-12-29-56-39)27-26-46(6)34(40(33)48)18-19-36-45(5)23-22-37(44(3,4)35(45)21-24-47(36,46)7)58-41(53)49-38-16-13-28-50-42(54)51(43(55)52(38)50)32-14-9-8-10-15-32/h8-10,13-16,33-40H,1,11-12,17-30H2,2-7H3,(H,49,53)/t33?,34?,35?,36?,37-,38?,39?,40?,45-,46+,47+,48+/m0/s1. The van der Waals surface area contributed by atoms with Crippen LogP contribution in [0.15, 0.2) is 64.2 Å². The zero-order valence-corrected chi connectivity index (χ0v) is 36.0. The molecule has 6 fully saturated rings. The molecule has 7 unspecified atom stereocenters. The van der Waals surface area contributed by atoms with Gasteiger partial charge < -0.3 is 14.2 Å². The summed E-state index contributed by atoms with van der Waals surface area (Å²) in [5.41, 5.74) is 1.48. The maximum absolute atomic E-state index is 13.8. The second-order valence-corrected chi connectivity index (χ2v) is 21.1. The van der Waals surface area contributed by atoms with Gasteiger partial charge in [0.1, 0.15) is 12.3 Å². The fourth-order valence-electron chi connectivity index (χ4n) is 15.3. The highest BCUT2D eigenvalue weighted by atomic mass is 16.7. The number of para-hydroxylation sites is 1. The smallest absolute Gasteiger partial charge is 0.409 e. The molecule has 316 valence electrons. The van der Waals surface area contributed by atoms with Gasteiger partial charge in [0.05, 0.1) is 18.8 Å². The van der Waals surface area contributed by atoms with Crippen molar-refractivity contribution in [2.75, 3.05) is 13.2 Å². The lowest BCUT2D eigenvalue weighted by molar-refractivity contribution is -0.255. The van der Waals surface area contributed by atoms with Gasteiger partial charge in [-0.2, -0.15) is 0 Å². The Balaban J connectivity index is 0.920. The number of nitrogens with zero attached hydrogens (tertiary/aromatic N) is 3. The number of carbonyl (C=O) groups excluding carboxylic acids is 1. The third-order valence-corrected chi connectivity index (χ3v) is 18.3. The van der Waals surface area contributed by atoms with E-state index < -0.39 is 23.6 Å². The Morgan fingerprint density at radius 1 is 0.879 bits per heavy atom. The third kappa shape index (κ3) is 5.94. The van der Waals surface area contributed by atoms with E-state index in [4.69, 9.17) is 14.2 Å². The van der Waals surface area contributed by atoms with Crippen LogP contribution in [0.1, 0.15) is 131 Å². The Labute approximate surface area is 344 Å². The highest BCUT2D eigenvalue weighted by molar-refractivity contribution is 5.68. The van der Waals surface area contributed by atoms with Crippen molar-refractivity contribution in [3.05, 3.63) is 75.6 Å². The summed E-state index contributed by atoms with van der Waals surface area (Å²) >= 11 is 0. The van der Waals surface area contributed by atoms with Gasteiger partial charge in [0.15, 0.2) is 6.29 Å². The summed E-state index contributed by atoms with van der Waals surface area (Å²) in [5, 5.41) is 2.94. The minimum Gasteiger partial charge on any atom is -0.446 e. The molecule has 10 heteroatoms. The van der Waals surface area contributed by atoms with E-state index in [1.807, 2.05) is 12.1 Å². The van der Waals surface area contributed by atoms with E-state index in [1.165, 1.54) is 66.3 Å². The summed E-state index contributed by atoms with van der Waals surface area (Å²) in [6.07, 6.45) is 16.9. The number of hydrogen-bond donors (Lipinski definition) is 1. The summed E-state index contributed by atoms with van der Waals surface area (Å²) in [4.78, 5) is 40.8. The first-order chi connectivity index (χ1) is 27.6. The predicted octanol–water partition coefficient (Wildman–Crippen LogP) is 9.16. The first kappa shape index (κ1) is 40.1. The van der Waals surface area contributed by atoms with Crippen LogP contribution in [0.25, 0.3) is 5.69 Å². The number of alkyl carbamates (subject to hydrolysis) is 1. The molecule has 58 heavy (non-hydrogen) atoms. The second kappa shape index (κ2) is 14.4. The molecule has 1 N–H and O–H groups in total. The molecule has 0 bridgehead atoms. The number of rotatable bonds is 7. The van der Waals surface area contributed by atoms with E-state index >= 15 is 0 Å². The average Bonchev–Trinajstić information content (AvgIpc) is 3.71. The number of allylic oxidation sites excluding steroid dienone is 2. The lowest BCUT2D eigenvalue weighted by atomic mass is 9.32. The summed E-state index contributed by atoms with van der Waals surface area (Å²) in [6.45, 7) is 21.4. The maximum Gasteiger partial charge on any atom is 0.409 e. The Morgan fingerprint density at radius 2 is 1.67 bits per heavy atom.